The number of imidazole rings is 1. The molecular formula is C17H23ClN4O. The van der Waals surface area contributed by atoms with E-state index >= 15 is 0 Å². The Morgan fingerprint density at radius 1 is 1.22 bits per heavy atom. The first-order chi connectivity index (χ1) is 10.7. The second kappa shape index (κ2) is 6.49. The Bertz CT molecular complexity index is 654. The molecule has 2 aliphatic rings. The second-order valence-corrected chi connectivity index (χ2v) is 6.79. The molecule has 2 aliphatic carbocycles. The molecule has 4 rings (SSSR count). The number of halogens is 1. The number of hydrogen-bond acceptors (Lipinski definition) is 3. The number of aromatic nitrogens is 2. The van der Waals surface area contributed by atoms with Crippen LogP contribution in [0.4, 0.5) is 5.95 Å². The number of carbonyl (C=O) groups is 1. The monoisotopic (exact) mass is 334 g/mol. The molecule has 1 aromatic carbocycles. The number of nitrogens with two attached hydrogens (primary N) is 1. The third-order valence-corrected chi connectivity index (χ3v) is 5.41. The highest BCUT2D eigenvalue weighted by atomic mass is 35.5. The molecule has 2 bridgehead atoms. The number of para-hydroxylation sites is 2. The van der Waals surface area contributed by atoms with Crippen LogP contribution in [-0.4, -0.2) is 21.9 Å². The van der Waals surface area contributed by atoms with E-state index in [1.54, 1.807) is 0 Å². The molecule has 0 radical (unpaired) electrons. The number of nitrogens with zero attached hydrogens (tertiary/aromatic N) is 1. The maximum atomic E-state index is 12.6. The standard InChI is InChI=1S/C17H22N4O.ClH/c18-15-10-4-3-5-11(15)9-12(8-10)16(22)21-17-19-13-6-1-2-7-14(13)20-17;/h1-2,6-7,10-12,15H,3-5,8-9,18H2,(H2,19,20,21,22);1H. The number of aromatic amines is 1. The molecule has 2 aromatic rings. The van der Waals surface area contributed by atoms with E-state index in [1.807, 2.05) is 24.3 Å². The van der Waals surface area contributed by atoms with Crippen LogP contribution in [0.3, 0.4) is 0 Å². The summed E-state index contributed by atoms with van der Waals surface area (Å²) in [5.74, 6) is 1.73. The average molecular weight is 335 g/mol. The van der Waals surface area contributed by atoms with Crippen LogP contribution in [-0.2, 0) is 4.79 Å². The summed E-state index contributed by atoms with van der Waals surface area (Å²) in [7, 11) is 0. The van der Waals surface area contributed by atoms with E-state index in [2.05, 4.69) is 15.3 Å². The lowest BCUT2D eigenvalue weighted by molar-refractivity contribution is -0.122. The van der Waals surface area contributed by atoms with Gasteiger partial charge in [0.1, 0.15) is 0 Å². The highest BCUT2D eigenvalue weighted by Gasteiger charge is 2.40. The molecular weight excluding hydrogens is 312 g/mol. The Labute approximate surface area is 141 Å². The molecule has 23 heavy (non-hydrogen) atoms. The number of H-pyrrole nitrogens is 1. The van der Waals surface area contributed by atoms with Crippen LogP contribution in [0.25, 0.3) is 11.0 Å². The van der Waals surface area contributed by atoms with Crippen molar-refractivity contribution in [3.63, 3.8) is 0 Å². The van der Waals surface area contributed by atoms with Crippen molar-refractivity contribution in [2.75, 3.05) is 5.32 Å². The molecule has 1 aromatic heterocycles. The number of rotatable bonds is 2. The minimum atomic E-state index is 0. The van der Waals surface area contributed by atoms with Crippen molar-refractivity contribution >= 4 is 35.3 Å². The maximum Gasteiger partial charge on any atom is 0.229 e. The van der Waals surface area contributed by atoms with Crippen molar-refractivity contribution < 1.29 is 4.79 Å². The smallest absolute Gasteiger partial charge is 0.229 e. The highest BCUT2D eigenvalue weighted by Crippen LogP contribution is 2.42. The number of amides is 1. The summed E-state index contributed by atoms with van der Waals surface area (Å²) in [6, 6.07) is 8.09. The minimum absolute atomic E-state index is 0. The summed E-state index contributed by atoms with van der Waals surface area (Å²) >= 11 is 0. The Morgan fingerprint density at radius 2 is 1.91 bits per heavy atom. The predicted octanol–water partition coefficient (Wildman–Crippen LogP) is 3.08. The normalized spacial score (nSPS) is 29.8. The quantitative estimate of drug-likeness (QED) is 0.789. The summed E-state index contributed by atoms with van der Waals surface area (Å²) in [6.07, 6.45) is 5.45. The molecule has 2 atom stereocenters. The zero-order valence-electron chi connectivity index (χ0n) is 13.0. The van der Waals surface area contributed by atoms with Crippen molar-refractivity contribution in [3.05, 3.63) is 24.3 Å². The number of anilines is 1. The summed E-state index contributed by atoms with van der Waals surface area (Å²) in [4.78, 5) is 20.1. The van der Waals surface area contributed by atoms with Gasteiger partial charge in [0.25, 0.3) is 0 Å². The van der Waals surface area contributed by atoms with Crippen LogP contribution in [0, 0.1) is 17.8 Å². The van der Waals surface area contributed by atoms with E-state index in [-0.39, 0.29) is 24.2 Å². The molecule has 2 saturated carbocycles. The lowest BCUT2D eigenvalue weighted by atomic mass is 9.65. The van der Waals surface area contributed by atoms with Gasteiger partial charge in [0.15, 0.2) is 0 Å². The molecule has 0 saturated heterocycles. The largest absolute Gasteiger partial charge is 0.327 e. The SMILES string of the molecule is Cl.NC1C2CCCC1CC(C(=O)Nc1nc3ccccc3[nH]1)C2. The van der Waals surface area contributed by atoms with Crippen LogP contribution < -0.4 is 11.1 Å². The van der Waals surface area contributed by atoms with Gasteiger partial charge < -0.3 is 10.7 Å². The number of fused-ring (bicyclic) bond motifs is 3. The highest BCUT2D eigenvalue weighted by molar-refractivity contribution is 5.92. The van der Waals surface area contributed by atoms with E-state index in [1.165, 1.54) is 19.3 Å². The van der Waals surface area contributed by atoms with E-state index in [9.17, 15) is 4.79 Å². The van der Waals surface area contributed by atoms with Gasteiger partial charge in [0, 0.05) is 12.0 Å². The van der Waals surface area contributed by atoms with Gasteiger partial charge in [-0.25, -0.2) is 4.98 Å². The van der Waals surface area contributed by atoms with E-state index in [0.717, 1.165) is 23.9 Å². The van der Waals surface area contributed by atoms with Gasteiger partial charge in [-0.3, -0.25) is 10.1 Å². The van der Waals surface area contributed by atoms with Gasteiger partial charge in [0.05, 0.1) is 11.0 Å². The summed E-state index contributed by atoms with van der Waals surface area (Å²) in [5.41, 5.74) is 8.12. The Balaban J connectivity index is 0.00000156. The molecule has 0 spiro atoms. The van der Waals surface area contributed by atoms with Crippen LogP contribution in [0.15, 0.2) is 24.3 Å². The van der Waals surface area contributed by atoms with Crippen molar-refractivity contribution in [1.29, 1.82) is 0 Å². The molecule has 6 heteroatoms. The molecule has 5 nitrogen and oxygen atoms in total. The fourth-order valence-electron chi connectivity index (χ4n) is 4.23. The summed E-state index contributed by atoms with van der Waals surface area (Å²) in [5, 5.41) is 2.96. The van der Waals surface area contributed by atoms with Crippen LogP contribution >= 0.6 is 12.4 Å². The van der Waals surface area contributed by atoms with Gasteiger partial charge in [-0.05, 0) is 49.7 Å². The van der Waals surface area contributed by atoms with Crippen molar-refractivity contribution in [3.8, 4) is 0 Å². The minimum Gasteiger partial charge on any atom is -0.327 e. The topological polar surface area (TPSA) is 83.8 Å². The first kappa shape index (κ1) is 16.3. The first-order valence-electron chi connectivity index (χ1n) is 8.22. The fourth-order valence-corrected chi connectivity index (χ4v) is 4.23. The lowest BCUT2D eigenvalue weighted by Gasteiger charge is -2.43. The third kappa shape index (κ3) is 3.08. The zero-order chi connectivity index (χ0) is 15.1. The van der Waals surface area contributed by atoms with Crippen LogP contribution in [0.2, 0.25) is 0 Å². The number of carbonyl (C=O) groups excluding carboxylic acids is 1. The first-order valence-corrected chi connectivity index (χ1v) is 8.22. The third-order valence-electron chi connectivity index (χ3n) is 5.41. The fraction of sp³-hybridized carbons (Fsp3) is 0.529. The molecule has 124 valence electrons. The van der Waals surface area contributed by atoms with Crippen LogP contribution in [0.1, 0.15) is 32.1 Å². The molecule has 2 unspecified atom stereocenters. The molecule has 1 heterocycles. The van der Waals surface area contributed by atoms with Crippen molar-refractivity contribution in [1.82, 2.24) is 9.97 Å². The van der Waals surface area contributed by atoms with Crippen LogP contribution in [0.5, 0.6) is 0 Å². The predicted molar refractivity (Wildman–Crippen MR) is 93.5 cm³/mol. The average Bonchev–Trinajstić information content (AvgIpc) is 2.88. The van der Waals surface area contributed by atoms with Gasteiger partial charge in [-0.1, -0.05) is 18.6 Å². The van der Waals surface area contributed by atoms with E-state index in [0.29, 0.717) is 23.8 Å². The van der Waals surface area contributed by atoms with Gasteiger partial charge >= 0.3 is 0 Å². The van der Waals surface area contributed by atoms with Gasteiger partial charge in [-0.2, -0.15) is 0 Å². The lowest BCUT2D eigenvalue weighted by Crippen LogP contribution is -2.48. The van der Waals surface area contributed by atoms with E-state index < -0.39 is 0 Å². The van der Waals surface area contributed by atoms with Gasteiger partial charge in [0.2, 0.25) is 11.9 Å². The maximum absolute atomic E-state index is 12.6. The molecule has 2 fully saturated rings. The second-order valence-electron chi connectivity index (χ2n) is 6.79. The zero-order valence-corrected chi connectivity index (χ0v) is 13.8. The number of hydrogen-bond donors (Lipinski definition) is 3. The van der Waals surface area contributed by atoms with E-state index in [4.69, 9.17) is 5.73 Å². The molecule has 0 aliphatic heterocycles. The summed E-state index contributed by atoms with van der Waals surface area (Å²) in [6.45, 7) is 0. The Hall–Kier alpha value is -1.59. The van der Waals surface area contributed by atoms with Crippen molar-refractivity contribution in [2.24, 2.45) is 23.5 Å². The Morgan fingerprint density at radius 3 is 2.61 bits per heavy atom. The number of nitrogens with one attached hydrogen (secondary N) is 2. The number of benzene rings is 1. The van der Waals surface area contributed by atoms with Gasteiger partial charge in [-0.15, -0.1) is 12.4 Å². The molecule has 4 N–H and O–H groups in total. The molecule has 1 amide bonds. The Kier molecular flexibility index (Phi) is 4.60. The van der Waals surface area contributed by atoms with Crippen molar-refractivity contribution in [2.45, 2.75) is 38.1 Å². The summed E-state index contributed by atoms with van der Waals surface area (Å²) < 4.78 is 0.